The molecule has 0 rings (SSSR count). The molecule has 0 aromatic rings. The molecule has 0 atom stereocenters. The van der Waals surface area contributed by atoms with Crippen LogP contribution in [0.15, 0.2) is 11.6 Å². The lowest BCUT2D eigenvalue weighted by Gasteiger charge is -1.92. The SMILES string of the molecule is CC(C)=CC(=O)OCCl. The molecule has 0 saturated heterocycles. The number of hydrogen-bond acceptors (Lipinski definition) is 2. The molecule has 2 nitrogen and oxygen atoms in total. The highest BCUT2D eigenvalue weighted by Gasteiger charge is 1.93. The fourth-order valence-electron chi connectivity index (χ4n) is 0.331. The molecule has 0 aromatic carbocycles. The van der Waals surface area contributed by atoms with Gasteiger partial charge < -0.3 is 4.74 Å². The van der Waals surface area contributed by atoms with Crippen molar-refractivity contribution in [2.45, 2.75) is 13.8 Å². The van der Waals surface area contributed by atoms with Gasteiger partial charge in [-0.2, -0.15) is 0 Å². The quantitative estimate of drug-likeness (QED) is 0.339. The number of alkyl halides is 1. The summed E-state index contributed by atoms with van der Waals surface area (Å²) < 4.78 is 4.40. The van der Waals surface area contributed by atoms with E-state index in [-0.39, 0.29) is 12.0 Å². The largest absolute Gasteiger partial charge is 0.446 e. The van der Waals surface area contributed by atoms with Gasteiger partial charge in [0.2, 0.25) is 0 Å². The smallest absolute Gasteiger partial charge is 0.331 e. The molecule has 0 aliphatic carbocycles. The first-order valence-electron chi connectivity index (χ1n) is 2.54. The van der Waals surface area contributed by atoms with Gasteiger partial charge in [-0.05, 0) is 13.8 Å². The molecule has 0 N–H and O–H groups in total. The number of carbonyl (C=O) groups excluding carboxylic acids is 1. The Hall–Kier alpha value is -0.500. The van der Waals surface area contributed by atoms with E-state index in [0.717, 1.165) is 5.57 Å². The van der Waals surface area contributed by atoms with Gasteiger partial charge in [-0.25, -0.2) is 4.79 Å². The highest BCUT2D eigenvalue weighted by atomic mass is 35.5. The van der Waals surface area contributed by atoms with Crippen LogP contribution in [0.5, 0.6) is 0 Å². The zero-order valence-corrected chi connectivity index (χ0v) is 6.23. The second kappa shape index (κ2) is 4.39. The number of allylic oxidation sites excluding steroid dienone is 1. The lowest BCUT2D eigenvalue weighted by atomic mass is 10.3. The molecule has 0 spiro atoms. The van der Waals surface area contributed by atoms with Gasteiger partial charge in [0.1, 0.15) is 0 Å². The van der Waals surface area contributed by atoms with Gasteiger partial charge in [0.05, 0.1) is 0 Å². The Balaban J connectivity index is 3.63. The highest BCUT2D eigenvalue weighted by molar-refractivity contribution is 6.17. The monoisotopic (exact) mass is 148 g/mol. The van der Waals surface area contributed by atoms with Crippen LogP contribution >= 0.6 is 11.6 Å². The van der Waals surface area contributed by atoms with E-state index >= 15 is 0 Å². The van der Waals surface area contributed by atoms with Gasteiger partial charge >= 0.3 is 5.97 Å². The van der Waals surface area contributed by atoms with Gasteiger partial charge in [-0.15, -0.1) is 0 Å². The number of ether oxygens (including phenoxy) is 1. The van der Waals surface area contributed by atoms with E-state index in [9.17, 15) is 4.79 Å². The molecule has 0 aliphatic heterocycles. The molecule has 0 fully saturated rings. The second-order valence-electron chi connectivity index (χ2n) is 1.79. The second-order valence-corrected chi connectivity index (χ2v) is 2.01. The molecule has 0 heterocycles. The Kier molecular flexibility index (Phi) is 4.14. The van der Waals surface area contributed by atoms with Crippen LogP contribution in [0.25, 0.3) is 0 Å². The summed E-state index contributed by atoms with van der Waals surface area (Å²) >= 11 is 5.11. The third-order valence-corrected chi connectivity index (χ3v) is 0.712. The van der Waals surface area contributed by atoms with Crippen molar-refractivity contribution in [1.82, 2.24) is 0 Å². The summed E-state index contributed by atoms with van der Waals surface area (Å²) in [6.07, 6.45) is 1.39. The Morgan fingerprint density at radius 3 is 2.56 bits per heavy atom. The topological polar surface area (TPSA) is 26.3 Å². The van der Waals surface area contributed by atoms with Crippen LogP contribution in [0.2, 0.25) is 0 Å². The predicted molar refractivity (Wildman–Crippen MR) is 36.2 cm³/mol. The lowest BCUT2D eigenvalue weighted by Crippen LogP contribution is -1.98. The summed E-state index contributed by atoms with van der Waals surface area (Å²) in [5, 5.41) is 0. The minimum atomic E-state index is -0.384. The van der Waals surface area contributed by atoms with E-state index in [0.29, 0.717) is 0 Å². The third kappa shape index (κ3) is 5.37. The van der Waals surface area contributed by atoms with Crippen LogP contribution in [0.3, 0.4) is 0 Å². The first-order chi connectivity index (χ1) is 4.16. The van der Waals surface area contributed by atoms with Crippen LogP contribution in [0.1, 0.15) is 13.8 Å². The molecule has 0 aliphatic rings. The lowest BCUT2D eigenvalue weighted by molar-refractivity contribution is -0.135. The van der Waals surface area contributed by atoms with E-state index in [4.69, 9.17) is 11.6 Å². The van der Waals surface area contributed by atoms with E-state index in [2.05, 4.69) is 4.74 Å². The van der Waals surface area contributed by atoms with Crippen molar-refractivity contribution in [3.05, 3.63) is 11.6 Å². The van der Waals surface area contributed by atoms with E-state index in [1.54, 1.807) is 0 Å². The maximum absolute atomic E-state index is 10.5. The Bertz CT molecular complexity index is 125. The minimum absolute atomic E-state index is 0.0807. The van der Waals surface area contributed by atoms with Crippen molar-refractivity contribution in [3.8, 4) is 0 Å². The van der Waals surface area contributed by atoms with E-state index in [1.807, 2.05) is 13.8 Å². The van der Waals surface area contributed by atoms with Crippen LogP contribution in [0.4, 0.5) is 0 Å². The maximum Gasteiger partial charge on any atom is 0.331 e. The van der Waals surface area contributed by atoms with Crippen LogP contribution in [0, 0.1) is 0 Å². The molecule has 0 bridgehead atoms. The molecule has 0 unspecified atom stereocenters. The Morgan fingerprint density at radius 1 is 1.67 bits per heavy atom. The van der Waals surface area contributed by atoms with Crippen LogP contribution in [-0.2, 0) is 9.53 Å². The van der Waals surface area contributed by atoms with Crippen molar-refractivity contribution in [2.75, 3.05) is 6.07 Å². The summed E-state index contributed by atoms with van der Waals surface area (Å²) in [5.41, 5.74) is 0.908. The number of esters is 1. The fourth-order valence-corrected chi connectivity index (χ4v) is 0.439. The standard InChI is InChI=1S/C6H9ClO2/c1-5(2)3-6(8)9-4-7/h3H,4H2,1-2H3. The summed E-state index contributed by atoms with van der Waals surface area (Å²) in [6, 6.07) is -0.0807. The Labute approximate surface area is 59.5 Å². The molecule has 0 saturated carbocycles. The molecule has 3 heteroatoms. The highest BCUT2D eigenvalue weighted by Crippen LogP contribution is 1.90. The van der Waals surface area contributed by atoms with Crippen molar-refractivity contribution in [1.29, 1.82) is 0 Å². The summed E-state index contributed by atoms with van der Waals surface area (Å²) in [6.45, 7) is 3.63. The third-order valence-electron chi connectivity index (χ3n) is 0.603. The van der Waals surface area contributed by atoms with Crippen molar-refractivity contribution >= 4 is 17.6 Å². The zero-order chi connectivity index (χ0) is 7.28. The fraction of sp³-hybridized carbons (Fsp3) is 0.500. The minimum Gasteiger partial charge on any atom is -0.446 e. The summed E-state index contributed by atoms with van der Waals surface area (Å²) in [5.74, 6) is -0.384. The number of carbonyl (C=O) groups is 1. The van der Waals surface area contributed by atoms with Gasteiger partial charge in [0, 0.05) is 6.08 Å². The van der Waals surface area contributed by atoms with Gasteiger partial charge in [0.15, 0.2) is 6.07 Å². The van der Waals surface area contributed by atoms with Crippen LogP contribution < -0.4 is 0 Å². The van der Waals surface area contributed by atoms with Gasteiger partial charge in [0.25, 0.3) is 0 Å². The summed E-state index contributed by atoms with van der Waals surface area (Å²) in [4.78, 5) is 10.5. The molecular formula is C6H9ClO2. The number of hydrogen-bond donors (Lipinski definition) is 0. The van der Waals surface area contributed by atoms with E-state index < -0.39 is 0 Å². The Morgan fingerprint density at radius 2 is 2.22 bits per heavy atom. The first-order valence-corrected chi connectivity index (χ1v) is 3.08. The molecule has 0 radical (unpaired) electrons. The molecular weight excluding hydrogens is 140 g/mol. The molecule has 52 valence electrons. The normalized spacial score (nSPS) is 8.33. The van der Waals surface area contributed by atoms with Gasteiger partial charge in [-0.1, -0.05) is 17.2 Å². The van der Waals surface area contributed by atoms with Crippen LogP contribution in [-0.4, -0.2) is 12.0 Å². The number of halogens is 1. The number of rotatable bonds is 2. The molecule has 0 aromatic heterocycles. The summed E-state index contributed by atoms with van der Waals surface area (Å²) in [7, 11) is 0. The maximum atomic E-state index is 10.5. The van der Waals surface area contributed by atoms with Gasteiger partial charge in [-0.3, -0.25) is 0 Å². The van der Waals surface area contributed by atoms with E-state index in [1.165, 1.54) is 6.08 Å². The van der Waals surface area contributed by atoms with Crippen molar-refractivity contribution in [3.63, 3.8) is 0 Å². The molecule has 0 amide bonds. The van der Waals surface area contributed by atoms with Crippen molar-refractivity contribution < 1.29 is 9.53 Å². The van der Waals surface area contributed by atoms with Crippen molar-refractivity contribution in [2.24, 2.45) is 0 Å². The predicted octanol–water partition coefficient (Wildman–Crippen LogP) is 1.69. The first kappa shape index (κ1) is 8.50. The average molecular weight is 149 g/mol. The zero-order valence-electron chi connectivity index (χ0n) is 5.48. The average Bonchev–Trinajstić information content (AvgIpc) is 1.63. The molecule has 9 heavy (non-hydrogen) atoms.